The fraction of sp³-hybridized carbons (Fsp3) is 0.529. The van der Waals surface area contributed by atoms with Gasteiger partial charge in [0, 0.05) is 18.1 Å². The van der Waals surface area contributed by atoms with Crippen LogP contribution in [-0.2, 0) is 19.5 Å². The Morgan fingerprint density at radius 2 is 1.69 bits per heavy atom. The molecule has 0 spiro atoms. The molecule has 2 fully saturated rings. The number of methoxy groups -OCH3 is 2. The van der Waals surface area contributed by atoms with Gasteiger partial charge in [-0.1, -0.05) is 0 Å². The van der Waals surface area contributed by atoms with Crippen molar-refractivity contribution < 1.29 is 27.5 Å². The third kappa shape index (κ3) is 3.74. The molecule has 2 unspecified atom stereocenters. The molecule has 26 heavy (non-hydrogen) atoms. The van der Waals surface area contributed by atoms with E-state index in [2.05, 4.69) is 19.5 Å². The Kier molecular flexibility index (Phi) is 5.31. The molecule has 2 atom stereocenters. The Hall–Kier alpha value is -1.97. The molecule has 1 aromatic carbocycles. The molecule has 0 aliphatic carbocycles. The fourth-order valence-corrected chi connectivity index (χ4v) is 5.19. The lowest BCUT2D eigenvalue weighted by molar-refractivity contribution is 0.0583. The number of benzene rings is 1. The van der Waals surface area contributed by atoms with Gasteiger partial charge in [-0.15, -0.1) is 0 Å². The van der Waals surface area contributed by atoms with E-state index in [1.807, 2.05) is 0 Å². The molecule has 2 aliphatic rings. The van der Waals surface area contributed by atoms with Crippen LogP contribution in [0.1, 0.15) is 46.4 Å². The largest absolute Gasteiger partial charge is 0.465 e. The molecule has 0 radical (unpaired) electrons. The molecule has 2 bridgehead atoms. The number of esters is 2. The van der Waals surface area contributed by atoms with Crippen LogP contribution in [0, 0.1) is 0 Å². The maximum Gasteiger partial charge on any atom is 0.339 e. The summed E-state index contributed by atoms with van der Waals surface area (Å²) in [6.45, 7) is 0. The normalized spacial score (nSPS) is 24.9. The van der Waals surface area contributed by atoms with Gasteiger partial charge in [-0.05, 0) is 43.9 Å². The second kappa shape index (κ2) is 7.34. The van der Waals surface area contributed by atoms with Gasteiger partial charge in [0.2, 0.25) is 10.0 Å². The minimum Gasteiger partial charge on any atom is -0.465 e. The van der Waals surface area contributed by atoms with Crippen molar-refractivity contribution in [3.63, 3.8) is 0 Å². The number of hydrogen-bond donors (Lipinski definition) is 2. The smallest absolute Gasteiger partial charge is 0.339 e. The predicted molar refractivity (Wildman–Crippen MR) is 92.4 cm³/mol. The predicted octanol–water partition coefficient (Wildman–Crippen LogP) is 0.821. The number of carbonyl (C=O) groups excluding carboxylic acids is 2. The van der Waals surface area contributed by atoms with Gasteiger partial charge in [-0.3, -0.25) is 0 Å². The molecule has 0 saturated carbocycles. The van der Waals surface area contributed by atoms with E-state index in [9.17, 15) is 18.0 Å². The number of piperidine rings is 1. The Labute approximate surface area is 152 Å². The monoisotopic (exact) mass is 382 g/mol. The Morgan fingerprint density at radius 1 is 1.08 bits per heavy atom. The molecule has 8 nitrogen and oxygen atoms in total. The van der Waals surface area contributed by atoms with Crippen LogP contribution in [0.3, 0.4) is 0 Å². The summed E-state index contributed by atoms with van der Waals surface area (Å²) in [7, 11) is -1.64. The number of ether oxygens (including phenoxy) is 2. The van der Waals surface area contributed by atoms with Gasteiger partial charge >= 0.3 is 11.9 Å². The molecule has 2 aliphatic heterocycles. The zero-order chi connectivity index (χ0) is 18.9. The van der Waals surface area contributed by atoms with Crippen LogP contribution >= 0.6 is 0 Å². The maximum absolute atomic E-state index is 12.9. The lowest BCUT2D eigenvalue weighted by atomic mass is 10.0. The molecular weight excluding hydrogens is 360 g/mol. The molecule has 0 aromatic heterocycles. The topological polar surface area (TPSA) is 111 Å². The highest BCUT2D eigenvalue weighted by molar-refractivity contribution is 7.89. The van der Waals surface area contributed by atoms with Gasteiger partial charge in [0.25, 0.3) is 0 Å². The average molecular weight is 382 g/mol. The summed E-state index contributed by atoms with van der Waals surface area (Å²) < 4.78 is 37.9. The highest BCUT2D eigenvalue weighted by Crippen LogP contribution is 2.28. The Balaban J connectivity index is 1.93. The van der Waals surface area contributed by atoms with Crippen molar-refractivity contribution in [2.24, 2.45) is 0 Å². The standard InChI is InChI=1S/C17H22N2O6S/c1-24-16(20)10-3-6-14(17(21)25-2)15(7-10)26(22,23)19-13-8-11-4-5-12(9-13)18-11/h3,6-7,11-13,18-19H,4-5,8-9H2,1-2H3. The summed E-state index contributed by atoms with van der Waals surface area (Å²) in [6.07, 6.45) is 3.46. The van der Waals surface area contributed by atoms with Crippen molar-refractivity contribution in [2.75, 3.05) is 14.2 Å². The second-order valence-electron chi connectivity index (χ2n) is 6.62. The van der Waals surface area contributed by atoms with E-state index >= 15 is 0 Å². The zero-order valence-electron chi connectivity index (χ0n) is 14.7. The van der Waals surface area contributed by atoms with E-state index in [0.29, 0.717) is 24.9 Å². The molecule has 3 rings (SSSR count). The van der Waals surface area contributed by atoms with Crippen molar-refractivity contribution in [2.45, 2.75) is 48.7 Å². The molecule has 1 aromatic rings. The average Bonchev–Trinajstić information content (AvgIpc) is 2.97. The number of carbonyl (C=O) groups is 2. The van der Waals surface area contributed by atoms with Crippen LogP contribution in [0.4, 0.5) is 0 Å². The third-order valence-corrected chi connectivity index (χ3v) is 6.45. The van der Waals surface area contributed by atoms with Crippen LogP contribution in [0.25, 0.3) is 0 Å². The number of fused-ring (bicyclic) bond motifs is 2. The van der Waals surface area contributed by atoms with Gasteiger partial charge in [0.15, 0.2) is 0 Å². The van der Waals surface area contributed by atoms with Crippen molar-refractivity contribution >= 4 is 22.0 Å². The minimum absolute atomic E-state index is 0.0471. The molecular formula is C17H22N2O6S. The fourth-order valence-electron chi connectivity index (χ4n) is 3.70. The SMILES string of the molecule is COC(=O)c1ccc(C(=O)OC)c(S(=O)(=O)NC2CC3CCC(C2)N3)c1. The highest BCUT2D eigenvalue weighted by Gasteiger charge is 2.36. The summed E-state index contributed by atoms with van der Waals surface area (Å²) in [5, 5.41) is 3.45. The van der Waals surface area contributed by atoms with Crippen LogP contribution in [0.2, 0.25) is 0 Å². The number of hydrogen-bond acceptors (Lipinski definition) is 7. The van der Waals surface area contributed by atoms with E-state index in [-0.39, 0.29) is 22.1 Å². The van der Waals surface area contributed by atoms with Crippen LogP contribution in [-0.4, -0.2) is 52.7 Å². The zero-order valence-corrected chi connectivity index (χ0v) is 15.5. The van der Waals surface area contributed by atoms with E-state index in [0.717, 1.165) is 18.9 Å². The van der Waals surface area contributed by atoms with Crippen LogP contribution < -0.4 is 10.0 Å². The first-order chi connectivity index (χ1) is 12.3. The van der Waals surface area contributed by atoms with Crippen molar-refractivity contribution in [1.82, 2.24) is 10.0 Å². The number of sulfonamides is 1. The third-order valence-electron chi connectivity index (χ3n) is 4.89. The van der Waals surface area contributed by atoms with Crippen molar-refractivity contribution in [3.05, 3.63) is 29.3 Å². The summed E-state index contributed by atoms with van der Waals surface area (Å²) in [5.74, 6) is -1.47. The first-order valence-corrected chi connectivity index (χ1v) is 9.91. The molecule has 9 heteroatoms. The molecule has 2 heterocycles. The summed E-state index contributed by atoms with van der Waals surface area (Å²) in [4.78, 5) is 23.5. The summed E-state index contributed by atoms with van der Waals surface area (Å²) in [6, 6.07) is 4.15. The minimum atomic E-state index is -4.02. The van der Waals surface area contributed by atoms with E-state index in [4.69, 9.17) is 0 Å². The van der Waals surface area contributed by atoms with Crippen molar-refractivity contribution in [1.29, 1.82) is 0 Å². The van der Waals surface area contributed by atoms with E-state index in [1.54, 1.807) is 0 Å². The summed E-state index contributed by atoms with van der Waals surface area (Å²) in [5.41, 5.74) is -0.0736. The Morgan fingerprint density at radius 3 is 2.27 bits per heavy atom. The van der Waals surface area contributed by atoms with E-state index < -0.39 is 22.0 Å². The molecule has 2 N–H and O–H groups in total. The molecule has 0 amide bonds. The first kappa shape index (κ1) is 18.8. The molecule has 142 valence electrons. The van der Waals surface area contributed by atoms with Crippen LogP contribution in [0.15, 0.2) is 23.1 Å². The van der Waals surface area contributed by atoms with Crippen molar-refractivity contribution in [3.8, 4) is 0 Å². The summed E-state index contributed by atoms with van der Waals surface area (Å²) >= 11 is 0. The lowest BCUT2D eigenvalue weighted by Crippen LogP contribution is -2.48. The van der Waals surface area contributed by atoms with Gasteiger partial charge in [0.1, 0.15) is 0 Å². The number of nitrogens with one attached hydrogen (secondary N) is 2. The van der Waals surface area contributed by atoms with Gasteiger partial charge < -0.3 is 14.8 Å². The van der Waals surface area contributed by atoms with Gasteiger partial charge in [-0.25, -0.2) is 22.7 Å². The lowest BCUT2D eigenvalue weighted by Gasteiger charge is -2.29. The highest BCUT2D eigenvalue weighted by atomic mass is 32.2. The van der Waals surface area contributed by atoms with E-state index in [1.165, 1.54) is 26.4 Å². The molecule has 2 saturated heterocycles. The van der Waals surface area contributed by atoms with Crippen LogP contribution in [0.5, 0.6) is 0 Å². The maximum atomic E-state index is 12.9. The first-order valence-electron chi connectivity index (χ1n) is 8.43. The van der Waals surface area contributed by atoms with Gasteiger partial charge in [-0.2, -0.15) is 0 Å². The Bertz CT molecular complexity index is 811. The van der Waals surface area contributed by atoms with Gasteiger partial charge in [0.05, 0.1) is 30.2 Å². The quantitative estimate of drug-likeness (QED) is 0.725. The number of rotatable bonds is 5. The second-order valence-corrected chi connectivity index (χ2v) is 8.30.